The second-order valence-corrected chi connectivity index (χ2v) is 15.5. The number of benzene rings is 3. The third-order valence-corrected chi connectivity index (χ3v) is 12.9. The van der Waals surface area contributed by atoms with Gasteiger partial charge in [-0.2, -0.15) is 0 Å². The zero-order valence-electron chi connectivity index (χ0n) is 20.5. The fraction of sp³-hybridized carbons (Fsp3) is 0.379. The van der Waals surface area contributed by atoms with Gasteiger partial charge in [0.25, 0.3) is 8.32 Å². The van der Waals surface area contributed by atoms with E-state index >= 15 is 0 Å². The zero-order chi connectivity index (χ0) is 24.8. The number of likely N-dealkylation sites (tertiary alicyclic amines) is 1. The molecule has 3 aromatic rings. The number of fused-ring (bicyclic) bond motifs is 1. The van der Waals surface area contributed by atoms with Crippen LogP contribution in [0.1, 0.15) is 44.4 Å². The minimum atomic E-state index is -2.66. The summed E-state index contributed by atoms with van der Waals surface area (Å²) >= 11 is 6.19. The Morgan fingerprint density at radius 2 is 1.60 bits per heavy atom. The van der Waals surface area contributed by atoms with Crippen molar-refractivity contribution in [2.75, 3.05) is 13.1 Å². The Kier molecular flexibility index (Phi) is 6.66. The molecule has 1 N–H and O–H groups in total. The van der Waals surface area contributed by atoms with Gasteiger partial charge in [-0.3, -0.25) is 4.90 Å². The molecule has 1 fully saturated rings. The van der Waals surface area contributed by atoms with Crippen molar-refractivity contribution >= 4 is 30.3 Å². The molecule has 0 bridgehead atoms. The first-order valence-corrected chi connectivity index (χ1v) is 14.7. The molecule has 0 amide bonds. The third-order valence-electron chi connectivity index (χ3n) is 7.62. The van der Waals surface area contributed by atoms with Crippen LogP contribution in [-0.4, -0.2) is 43.6 Å². The smallest absolute Gasteiger partial charge is 0.261 e. The average Bonchev–Trinajstić information content (AvgIpc) is 3.41. The molecular formula is C29H33ClFNO2Si. The van der Waals surface area contributed by atoms with Gasteiger partial charge in [-0.1, -0.05) is 93.0 Å². The second-order valence-electron chi connectivity index (χ2n) is 10.9. The number of nitrogens with zero attached hydrogens (tertiary/aromatic N) is 1. The number of aliphatic hydroxyl groups is 1. The Morgan fingerprint density at radius 3 is 2.17 bits per heavy atom. The summed E-state index contributed by atoms with van der Waals surface area (Å²) in [7, 11) is -2.66. The number of hydrogen-bond donors (Lipinski definition) is 1. The molecule has 0 radical (unpaired) electrons. The summed E-state index contributed by atoms with van der Waals surface area (Å²) in [4.78, 5) is 2.26. The number of halogens is 2. The molecule has 0 unspecified atom stereocenters. The largest absolute Gasteiger partial charge is 0.403 e. The molecule has 5 rings (SSSR count). The highest BCUT2D eigenvalue weighted by Crippen LogP contribution is 2.42. The van der Waals surface area contributed by atoms with Crippen LogP contribution in [0.4, 0.5) is 4.39 Å². The van der Waals surface area contributed by atoms with Gasteiger partial charge >= 0.3 is 0 Å². The lowest BCUT2D eigenvalue weighted by molar-refractivity contribution is 0.0671. The maximum atomic E-state index is 14.6. The highest BCUT2D eigenvalue weighted by molar-refractivity contribution is 6.99. The minimum absolute atomic E-state index is 0.0154. The Balaban J connectivity index is 1.48. The first kappa shape index (κ1) is 24.7. The number of rotatable bonds is 5. The SMILES string of the molecule is CC(C)(C)[Si](O[C@@H]1CCN([C@@H]2c3cc(Cl)cc(F)c3C[C@H]2O)C1)(c1ccccc1)c1ccccc1. The standard InChI is InChI=1S/C29H33ClFNO2Si/c1-29(2,3)35(22-10-6-4-7-11-22,23-12-8-5-9-13-23)34-21-14-15-32(19-21)28-25-16-20(30)17-26(31)24(25)18-27(28)33/h4-13,16-17,21,27-28,33H,14-15,18-19H2,1-3H3/t21-,27-,28-/m1/s1. The minimum Gasteiger partial charge on any atom is -0.403 e. The van der Waals surface area contributed by atoms with Crippen LogP contribution in [0.5, 0.6) is 0 Å². The molecule has 0 aromatic heterocycles. The number of hydrogen-bond acceptors (Lipinski definition) is 3. The van der Waals surface area contributed by atoms with E-state index in [4.69, 9.17) is 16.0 Å². The lowest BCUT2D eigenvalue weighted by atomic mass is 10.1. The van der Waals surface area contributed by atoms with Gasteiger partial charge in [-0.05, 0) is 45.1 Å². The second kappa shape index (κ2) is 9.45. The Labute approximate surface area is 213 Å². The Hall–Kier alpha value is -2.02. The average molecular weight is 510 g/mol. The van der Waals surface area contributed by atoms with Crippen molar-refractivity contribution in [1.82, 2.24) is 4.90 Å². The zero-order valence-corrected chi connectivity index (χ0v) is 22.3. The molecule has 1 saturated heterocycles. The van der Waals surface area contributed by atoms with Crippen LogP contribution in [-0.2, 0) is 10.8 Å². The fourth-order valence-corrected chi connectivity index (χ4v) is 11.0. The topological polar surface area (TPSA) is 32.7 Å². The first-order chi connectivity index (χ1) is 16.7. The predicted octanol–water partition coefficient (Wildman–Crippen LogP) is 5.09. The van der Waals surface area contributed by atoms with Crippen molar-refractivity contribution in [3.8, 4) is 0 Å². The molecule has 35 heavy (non-hydrogen) atoms. The summed E-state index contributed by atoms with van der Waals surface area (Å²) < 4.78 is 21.9. The van der Waals surface area contributed by atoms with E-state index in [9.17, 15) is 9.50 Å². The number of aliphatic hydroxyl groups excluding tert-OH is 1. The van der Waals surface area contributed by atoms with Crippen LogP contribution in [0, 0.1) is 5.82 Å². The van der Waals surface area contributed by atoms with Gasteiger partial charge in [-0.15, -0.1) is 0 Å². The van der Waals surface area contributed by atoms with Crippen LogP contribution in [0.3, 0.4) is 0 Å². The van der Waals surface area contributed by atoms with E-state index in [1.54, 1.807) is 0 Å². The summed E-state index contributed by atoms with van der Waals surface area (Å²) in [5.41, 5.74) is 1.40. The van der Waals surface area contributed by atoms with Gasteiger partial charge < -0.3 is 9.53 Å². The summed E-state index contributed by atoms with van der Waals surface area (Å²) in [6.45, 7) is 8.34. The summed E-state index contributed by atoms with van der Waals surface area (Å²) in [6, 6.07) is 24.2. The molecule has 0 saturated carbocycles. The van der Waals surface area contributed by atoms with Crippen molar-refractivity contribution in [1.29, 1.82) is 0 Å². The Bertz CT molecular complexity index is 1150. The lowest BCUT2D eigenvalue weighted by Gasteiger charge is -2.44. The maximum Gasteiger partial charge on any atom is 0.261 e. The van der Waals surface area contributed by atoms with Crippen molar-refractivity contribution < 1.29 is 13.9 Å². The van der Waals surface area contributed by atoms with Crippen molar-refractivity contribution in [3.05, 3.63) is 94.8 Å². The van der Waals surface area contributed by atoms with Gasteiger partial charge in [0.1, 0.15) is 5.82 Å². The highest BCUT2D eigenvalue weighted by atomic mass is 35.5. The third kappa shape index (κ3) is 4.38. The lowest BCUT2D eigenvalue weighted by Crippen LogP contribution is -2.67. The quantitative estimate of drug-likeness (QED) is 0.486. The van der Waals surface area contributed by atoms with Crippen molar-refractivity contribution in [2.24, 2.45) is 0 Å². The summed E-state index contributed by atoms with van der Waals surface area (Å²) in [5.74, 6) is -0.326. The van der Waals surface area contributed by atoms with Crippen molar-refractivity contribution in [3.63, 3.8) is 0 Å². The van der Waals surface area contributed by atoms with Gasteiger partial charge in [0, 0.05) is 24.5 Å². The van der Waals surface area contributed by atoms with E-state index in [-0.39, 0.29) is 23.0 Å². The van der Waals surface area contributed by atoms with Crippen LogP contribution >= 0.6 is 11.6 Å². The van der Waals surface area contributed by atoms with Gasteiger partial charge in [0.15, 0.2) is 0 Å². The van der Waals surface area contributed by atoms with Gasteiger partial charge in [0.2, 0.25) is 0 Å². The molecule has 3 aromatic carbocycles. The predicted molar refractivity (Wildman–Crippen MR) is 143 cm³/mol. The van der Waals surface area contributed by atoms with Gasteiger partial charge in [0.05, 0.1) is 18.2 Å². The molecule has 2 aliphatic rings. The molecule has 1 aliphatic carbocycles. The Morgan fingerprint density at radius 1 is 1.00 bits per heavy atom. The normalized spacial score (nSPS) is 23.0. The molecule has 1 heterocycles. The van der Waals surface area contributed by atoms with E-state index in [0.29, 0.717) is 23.6 Å². The maximum absolute atomic E-state index is 14.6. The van der Waals surface area contributed by atoms with Gasteiger partial charge in [-0.25, -0.2) is 4.39 Å². The van der Waals surface area contributed by atoms with Crippen LogP contribution in [0.25, 0.3) is 0 Å². The molecular weight excluding hydrogens is 477 g/mol. The molecule has 1 aliphatic heterocycles. The monoisotopic (exact) mass is 509 g/mol. The van der Waals surface area contributed by atoms with Crippen molar-refractivity contribution in [2.45, 2.75) is 56.9 Å². The van der Waals surface area contributed by atoms with E-state index in [1.165, 1.54) is 16.4 Å². The highest BCUT2D eigenvalue weighted by Gasteiger charge is 2.52. The van der Waals surface area contributed by atoms with E-state index < -0.39 is 14.4 Å². The van der Waals surface area contributed by atoms with Crippen LogP contribution in [0.2, 0.25) is 10.1 Å². The summed E-state index contributed by atoms with van der Waals surface area (Å²) in [6.07, 6.45) is 0.553. The molecule has 184 valence electrons. The van der Waals surface area contributed by atoms with Crippen LogP contribution in [0.15, 0.2) is 72.8 Å². The van der Waals surface area contributed by atoms with Crippen LogP contribution < -0.4 is 10.4 Å². The van der Waals surface area contributed by atoms with E-state index in [0.717, 1.165) is 18.5 Å². The molecule has 3 nitrogen and oxygen atoms in total. The van der Waals surface area contributed by atoms with E-state index in [1.807, 2.05) is 6.07 Å². The summed E-state index contributed by atoms with van der Waals surface area (Å²) in [5, 5.41) is 13.7. The molecule has 0 spiro atoms. The van der Waals surface area contributed by atoms with E-state index in [2.05, 4.69) is 86.3 Å². The fourth-order valence-electron chi connectivity index (χ4n) is 6.11. The first-order valence-electron chi connectivity index (χ1n) is 12.4. The molecule has 6 heteroatoms. The molecule has 3 atom stereocenters.